The summed E-state index contributed by atoms with van der Waals surface area (Å²) in [6.45, 7) is 3.86. The van der Waals surface area contributed by atoms with Crippen LogP contribution in [0.2, 0.25) is 10.2 Å². The van der Waals surface area contributed by atoms with E-state index in [0.29, 0.717) is 10.6 Å². The van der Waals surface area contributed by atoms with Gasteiger partial charge in [0.05, 0.1) is 10.6 Å². The molecule has 1 saturated heterocycles. The Morgan fingerprint density at radius 1 is 1.40 bits per heavy atom. The Bertz CT molecular complexity index is 479. The molecule has 1 aromatic heterocycles. The van der Waals surface area contributed by atoms with E-state index >= 15 is 0 Å². The van der Waals surface area contributed by atoms with Crippen LogP contribution in [0.15, 0.2) is 12.3 Å². The van der Waals surface area contributed by atoms with E-state index in [0.717, 1.165) is 31.8 Å². The maximum absolute atomic E-state index is 12.5. The number of hydrogen-bond donors (Lipinski definition) is 0. The van der Waals surface area contributed by atoms with Gasteiger partial charge >= 0.3 is 0 Å². The first kappa shape index (κ1) is 15.6. The molecular formula is C15H20Cl2N2O. The fourth-order valence-corrected chi connectivity index (χ4v) is 3.06. The molecule has 1 fully saturated rings. The second kappa shape index (κ2) is 7.28. The van der Waals surface area contributed by atoms with Crippen molar-refractivity contribution in [1.29, 1.82) is 0 Å². The van der Waals surface area contributed by atoms with Crippen molar-refractivity contribution in [2.75, 3.05) is 13.1 Å². The number of halogens is 2. The van der Waals surface area contributed by atoms with Gasteiger partial charge in [-0.3, -0.25) is 4.79 Å². The minimum atomic E-state index is 0.00761. The van der Waals surface area contributed by atoms with Crippen LogP contribution < -0.4 is 0 Å². The second-order valence-electron chi connectivity index (χ2n) is 5.37. The number of rotatable bonds is 3. The third kappa shape index (κ3) is 3.86. The van der Waals surface area contributed by atoms with Crippen molar-refractivity contribution in [3.8, 4) is 0 Å². The average Bonchev–Trinajstić information content (AvgIpc) is 2.67. The van der Waals surface area contributed by atoms with Gasteiger partial charge in [0.25, 0.3) is 5.91 Å². The van der Waals surface area contributed by atoms with Crippen LogP contribution in [0.25, 0.3) is 0 Å². The molecule has 1 aliphatic heterocycles. The van der Waals surface area contributed by atoms with Crippen molar-refractivity contribution in [1.82, 2.24) is 9.88 Å². The summed E-state index contributed by atoms with van der Waals surface area (Å²) in [6, 6.07) is 1.60. The van der Waals surface area contributed by atoms with Gasteiger partial charge in [0.1, 0.15) is 5.15 Å². The molecule has 1 aliphatic rings. The van der Waals surface area contributed by atoms with Crippen molar-refractivity contribution in [2.24, 2.45) is 5.92 Å². The van der Waals surface area contributed by atoms with E-state index in [1.54, 1.807) is 6.07 Å². The van der Waals surface area contributed by atoms with E-state index in [1.165, 1.54) is 25.5 Å². The van der Waals surface area contributed by atoms with Crippen LogP contribution in [0.3, 0.4) is 0 Å². The SMILES string of the molecule is CCCC1CCCN(C(=O)c2cnc(Cl)c(Cl)c2)CC1. The van der Waals surface area contributed by atoms with Crippen molar-refractivity contribution in [3.05, 3.63) is 28.0 Å². The Balaban J connectivity index is 2.03. The van der Waals surface area contributed by atoms with Crippen LogP contribution in [0.5, 0.6) is 0 Å². The third-order valence-corrected chi connectivity index (χ3v) is 4.56. The first-order valence-corrected chi connectivity index (χ1v) is 7.97. The number of carbonyl (C=O) groups excluding carboxylic acids is 1. The summed E-state index contributed by atoms with van der Waals surface area (Å²) < 4.78 is 0. The van der Waals surface area contributed by atoms with E-state index in [9.17, 15) is 4.79 Å². The van der Waals surface area contributed by atoms with E-state index in [4.69, 9.17) is 23.2 Å². The number of likely N-dealkylation sites (tertiary alicyclic amines) is 1. The molecule has 0 saturated carbocycles. The highest BCUT2D eigenvalue weighted by molar-refractivity contribution is 6.41. The van der Waals surface area contributed by atoms with Crippen LogP contribution in [-0.2, 0) is 0 Å². The lowest BCUT2D eigenvalue weighted by Gasteiger charge is -2.20. The Morgan fingerprint density at radius 3 is 2.90 bits per heavy atom. The molecule has 1 amide bonds. The van der Waals surface area contributed by atoms with E-state index < -0.39 is 0 Å². The topological polar surface area (TPSA) is 33.2 Å². The van der Waals surface area contributed by atoms with Gasteiger partial charge in [-0.2, -0.15) is 0 Å². The van der Waals surface area contributed by atoms with Crippen LogP contribution in [-0.4, -0.2) is 28.9 Å². The minimum absolute atomic E-state index is 0.00761. The van der Waals surface area contributed by atoms with E-state index in [-0.39, 0.29) is 11.1 Å². The molecule has 0 aromatic carbocycles. The maximum atomic E-state index is 12.5. The highest BCUT2D eigenvalue weighted by Crippen LogP contribution is 2.24. The normalized spacial score (nSPS) is 19.8. The summed E-state index contributed by atoms with van der Waals surface area (Å²) in [7, 11) is 0. The molecule has 0 N–H and O–H groups in total. The lowest BCUT2D eigenvalue weighted by atomic mass is 9.96. The molecule has 110 valence electrons. The largest absolute Gasteiger partial charge is 0.339 e. The quantitative estimate of drug-likeness (QED) is 0.773. The zero-order chi connectivity index (χ0) is 14.5. The smallest absolute Gasteiger partial charge is 0.255 e. The maximum Gasteiger partial charge on any atom is 0.255 e. The summed E-state index contributed by atoms with van der Waals surface area (Å²) in [5.74, 6) is 0.762. The number of amides is 1. The van der Waals surface area contributed by atoms with Gasteiger partial charge in [-0.25, -0.2) is 4.98 Å². The van der Waals surface area contributed by atoms with Gasteiger partial charge in [0, 0.05) is 19.3 Å². The van der Waals surface area contributed by atoms with Crippen molar-refractivity contribution in [2.45, 2.75) is 39.0 Å². The van der Waals surface area contributed by atoms with Crippen LogP contribution in [0.1, 0.15) is 49.4 Å². The summed E-state index contributed by atoms with van der Waals surface area (Å²) in [4.78, 5) is 18.3. The molecular weight excluding hydrogens is 295 g/mol. The van der Waals surface area contributed by atoms with Gasteiger partial charge in [0.2, 0.25) is 0 Å². The van der Waals surface area contributed by atoms with Gasteiger partial charge in [0.15, 0.2) is 0 Å². The average molecular weight is 315 g/mol. The van der Waals surface area contributed by atoms with Crippen molar-refractivity contribution in [3.63, 3.8) is 0 Å². The number of carbonyl (C=O) groups is 1. The van der Waals surface area contributed by atoms with E-state index in [2.05, 4.69) is 11.9 Å². The van der Waals surface area contributed by atoms with Crippen molar-refractivity contribution >= 4 is 29.1 Å². The van der Waals surface area contributed by atoms with Crippen LogP contribution >= 0.6 is 23.2 Å². The number of nitrogens with zero attached hydrogens (tertiary/aromatic N) is 2. The highest BCUT2D eigenvalue weighted by Gasteiger charge is 2.21. The molecule has 5 heteroatoms. The summed E-state index contributed by atoms with van der Waals surface area (Å²) >= 11 is 11.7. The fourth-order valence-electron chi connectivity index (χ4n) is 2.79. The van der Waals surface area contributed by atoms with Gasteiger partial charge in [-0.05, 0) is 31.2 Å². The fraction of sp³-hybridized carbons (Fsp3) is 0.600. The summed E-state index contributed by atoms with van der Waals surface area (Å²) in [6.07, 6.45) is 7.37. The summed E-state index contributed by atoms with van der Waals surface area (Å²) in [5.41, 5.74) is 0.522. The zero-order valence-electron chi connectivity index (χ0n) is 11.7. The molecule has 1 atom stereocenters. The lowest BCUT2D eigenvalue weighted by Crippen LogP contribution is -2.32. The van der Waals surface area contributed by atoms with Crippen molar-refractivity contribution < 1.29 is 4.79 Å². The van der Waals surface area contributed by atoms with Crippen LogP contribution in [0, 0.1) is 5.92 Å². The Morgan fingerprint density at radius 2 is 2.20 bits per heavy atom. The van der Waals surface area contributed by atoms with Gasteiger partial charge < -0.3 is 4.90 Å². The Hall–Kier alpha value is -0.800. The molecule has 1 aromatic rings. The molecule has 2 heterocycles. The first-order valence-electron chi connectivity index (χ1n) is 7.22. The molecule has 0 radical (unpaired) electrons. The highest BCUT2D eigenvalue weighted by atomic mass is 35.5. The predicted molar refractivity (Wildman–Crippen MR) is 82.4 cm³/mol. The zero-order valence-corrected chi connectivity index (χ0v) is 13.3. The molecule has 0 aliphatic carbocycles. The van der Waals surface area contributed by atoms with Gasteiger partial charge in [-0.15, -0.1) is 0 Å². The number of pyridine rings is 1. The third-order valence-electron chi connectivity index (χ3n) is 3.88. The Kier molecular flexibility index (Phi) is 5.67. The molecule has 2 rings (SSSR count). The minimum Gasteiger partial charge on any atom is -0.339 e. The lowest BCUT2D eigenvalue weighted by molar-refractivity contribution is 0.0759. The molecule has 3 nitrogen and oxygen atoms in total. The van der Waals surface area contributed by atoms with Crippen LogP contribution in [0.4, 0.5) is 0 Å². The molecule has 20 heavy (non-hydrogen) atoms. The Labute approximate surface area is 130 Å². The van der Waals surface area contributed by atoms with E-state index in [1.807, 2.05) is 4.90 Å². The molecule has 1 unspecified atom stereocenters. The predicted octanol–water partition coefficient (Wildman–Crippen LogP) is 4.43. The number of hydrogen-bond acceptors (Lipinski definition) is 2. The first-order chi connectivity index (χ1) is 9.61. The standard InChI is InChI=1S/C15H20Cl2N2O/c1-2-4-11-5-3-7-19(8-6-11)15(20)12-9-13(16)14(17)18-10-12/h9-11H,2-8H2,1H3. The molecule has 0 spiro atoms. The molecule has 0 bridgehead atoms. The second-order valence-corrected chi connectivity index (χ2v) is 6.14. The summed E-state index contributed by atoms with van der Waals surface area (Å²) in [5, 5.41) is 0.568. The van der Waals surface area contributed by atoms with Gasteiger partial charge in [-0.1, -0.05) is 43.0 Å². The monoisotopic (exact) mass is 314 g/mol. The number of aromatic nitrogens is 1.